The second kappa shape index (κ2) is 15.4. The average molecular weight is 702 g/mol. The van der Waals surface area contributed by atoms with Crippen molar-refractivity contribution in [3.63, 3.8) is 0 Å². The summed E-state index contributed by atoms with van der Waals surface area (Å²) in [6, 6.07) is 85.0. The summed E-state index contributed by atoms with van der Waals surface area (Å²) in [5.74, 6) is 0. The zero-order chi connectivity index (χ0) is 36.8. The highest BCUT2D eigenvalue weighted by molar-refractivity contribution is 5.94. The van der Waals surface area contributed by atoms with Gasteiger partial charge in [-0.25, -0.2) is 0 Å². The van der Waals surface area contributed by atoms with Crippen LogP contribution in [0.2, 0.25) is 0 Å². The molecule has 0 aliphatic rings. The lowest BCUT2D eigenvalue weighted by atomic mass is 9.89. The summed E-state index contributed by atoms with van der Waals surface area (Å²) in [4.78, 5) is 2.38. The van der Waals surface area contributed by atoms with Gasteiger partial charge in [-0.1, -0.05) is 200 Å². The van der Waals surface area contributed by atoms with Crippen LogP contribution in [0.4, 0.5) is 17.1 Å². The third-order valence-corrected chi connectivity index (χ3v) is 10.3. The fraction of sp³-hybridized carbons (Fsp3) is 0. The maximum absolute atomic E-state index is 2.38. The Morgan fingerprint density at radius 2 is 0.473 bits per heavy atom. The molecule has 0 atom stereocenters. The van der Waals surface area contributed by atoms with Crippen LogP contribution < -0.4 is 4.90 Å². The monoisotopic (exact) mass is 701 g/mol. The van der Waals surface area contributed by atoms with E-state index in [4.69, 9.17) is 0 Å². The molecule has 9 rings (SSSR count). The Hall–Kier alpha value is -7.22. The Balaban J connectivity index is 1.19. The SMILES string of the molecule is c1ccc(-c2ccc(N(c3ccc(-c4ccccc4-c4ccccc4)cc3)c3ccc(-c4ccccc4-c4ccccc4)c(-c4ccccc4)c3)cc2)cc1. The van der Waals surface area contributed by atoms with Gasteiger partial charge in [-0.3, -0.25) is 0 Å². The second-order valence-corrected chi connectivity index (χ2v) is 13.7. The predicted molar refractivity (Wildman–Crippen MR) is 234 cm³/mol. The molecule has 9 aromatic rings. The molecule has 0 amide bonds. The number of benzene rings is 9. The van der Waals surface area contributed by atoms with Gasteiger partial charge in [0, 0.05) is 17.1 Å². The Kier molecular flexibility index (Phi) is 9.41. The van der Waals surface area contributed by atoms with Gasteiger partial charge in [0.2, 0.25) is 0 Å². The van der Waals surface area contributed by atoms with Crippen LogP contribution >= 0.6 is 0 Å². The zero-order valence-corrected chi connectivity index (χ0v) is 30.5. The minimum absolute atomic E-state index is 1.09. The van der Waals surface area contributed by atoms with Gasteiger partial charge in [0.15, 0.2) is 0 Å². The van der Waals surface area contributed by atoms with E-state index in [2.05, 4.69) is 241 Å². The van der Waals surface area contributed by atoms with E-state index in [1.165, 1.54) is 66.8 Å². The molecule has 0 radical (unpaired) electrons. The van der Waals surface area contributed by atoms with Gasteiger partial charge in [-0.15, -0.1) is 0 Å². The normalized spacial score (nSPS) is 10.9. The molecule has 0 aromatic heterocycles. The van der Waals surface area contributed by atoms with Crippen molar-refractivity contribution in [3.05, 3.63) is 237 Å². The molecule has 0 heterocycles. The average Bonchev–Trinajstić information content (AvgIpc) is 3.28. The van der Waals surface area contributed by atoms with Gasteiger partial charge in [0.1, 0.15) is 0 Å². The van der Waals surface area contributed by atoms with Gasteiger partial charge < -0.3 is 4.90 Å². The van der Waals surface area contributed by atoms with E-state index in [9.17, 15) is 0 Å². The van der Waals surface area contributed by atoms with Gasteiger partial charge in [0.25, 0.3) is 0 Å². The maximum atomic E-state index is 2.38. The summed E-state index contributed by atoms with van der Waals surface area (Å²) in [5.41, 5.74) is 17.7. The summed E-state index contributed by atoms with van der Waals surface area (Å²) in [6.07, 6.45) is 0. The van der Waals surface area contributed by atoms with Crippen molar-refractivity contribution in [2.75, 3.05) is 4.90 Å². The molecule has 0 unspecified atom stereocenters. The van der Waals surface area contributed by atoms with Gasteiger partial charge in [-0.05, 0) is 103 Å². The minimum Gasteiger partial charge on any atom is -0.310 e. The highest BCUT2D eigenvalue weighted by atomic mass is 15.1. The van der Waals surface area contributed by atoms with Crippen molar-refractivity contribution in [2.45, 2.75) is 0 Å². The summed E-state index contributed by atoms with van der Waals surface area (Å²) in [5, 5.41) is 0. The predicted octanol–water partition coefficient (Wildman–Crippen LogP) is 15.2. The van der Waals surface area contributed by atoms with Crippen molar-refractivity contribution in [3.8, 4) is 66.8 Å². The van der Waals surface area contributed by atoms with Crippen LogP contribution in [0.15, 0.2) is 237 Å². The Labute approximate surface area is 324 Å². The molecule has 9 aromatic carbocycles. The fourth-order valence-corrected chi connectivity index (χ4v) is 7.63. The Morgan fingerprint density at radius 1 is 0.182 bits per heavy atom. The minimum atomic E-state index is 1.09. The second-order valence-electron chi connectivity index (χ2n) is 13.7. The molecule has 0 aliphatic heterocycles. The maximum Gasteiger partial charge on any atom is 0.0468 e. The number of nitrogens with zero attached hydrogens (tertiary/aromatic N) is 1. The zero-order valence-electron chi connectivity index (χ0n) is 30.5. The molecule has 260 valence electrons. The molecule has 55 heavy (non-hydrogen) atoms. The van der Waals surface area contributed by atoms with E-state index in [-0.39, 0.29) is 0 Å². The van der Waals surface area contributed by atoms with Crippen LogP contribution in [0.5, 0.6) is 0 Å². The van der Waals surface area contributed by atoms with Crippen molar-refractivity contribution in [1.82, 2.24) is 0 Å². The first-order valence-electron chi connectivity index (χ1n) is 18.8. The third kappa shape index (κ3) is 7.00. The first-order valence-corrected chi connectivity index (χ1v) is 18.8. The van der Waals surface area contributed by atoms with Gasteiger partial charge >= 0.3 is 0 Å². The van der Waals surface area contributed by atoms with Gasteiger partial charge in [-0.2, -0.15) is 0 Å². The van der Waals surface area contributed by atoms with Crippen molar-refractivity contribution >= 4 is 17.1 Å². The molecule has 0 aliphatic carbocycles. The quantitative estimate of drug-likeness (QED) is 0.145. The van der Waals surface area contributed by atoms with Crippen LogP contribution in [0.25, 0.3) is 66.8 Å². The fourth-order valence-electron chi connectivity index (χ4n) is 7.63. The lowest BCUT2D eigenvalue weighted by Gasteiger charge is -2.27. The highest BCUT2D eigenvalue weighted by Crippen LogP contribution is 2.44. The largest absolute Gasteiger partial charge is 0.310 e. The van der Waals surface area contributed by atoms with Crippen LogP contribution in [-0.4, -0.2) is 0 Å². The Morgan fingerprint density at radius 3 is 0.945 bits per heavy atom. The molecule has 0 spiro atoms. The van der Waals surface area contributed by atoms with E-state index >= 15 is 0 Å². The molecular weight excluding hydrogens is 663 g/mol. The summed E-state index contributed by atoms with van der Waals surface area (Å²) < 4.78 is 0. The molecule has 1 heteroatoms. The topological polar surface area (TPSA) is 3.24 Å². The van der Waals surface area contributed by atoms with Crippen molar-refractivity contribution < 1.29 is 0 Å². The van der Waals surface area contributed by atoms with E-state index in [1.54, 1.807) is 0 Å². The molecule has 0 saturated carbocycles. The van der Waals surface area contributed by atoms with E-state index < -0.39 is 0 Å². The van der Waals surface area contributed by atoms with Crippen LogP contribution in [0.3, 0.4) is 0 Å². The van der Waals surface area contributed by atoms with E-state index in [1.807, 2.05) is 0 Å². The number of hydrogen-bond donors (Lipinski definition) is 0. The van der Waals surface area contributed by atoms with Gasteiger partial charge in [0.05, 0.1) is 0 Å². The third-order valence-electron chi connectivity index (χ3n) is 10.3. The van der Waals surface area contributed by atoms with Crippen LogP contribution in [0, 0.1) is 0 Å². The molecule has 0 saturated heterocycles. The smallest absolute Gasteiger partial charge is 0.0468 e. The number of hydrogen-bond acceptors (Lipinski definition) is 1. The lowest BCUT2D eigenvalue weighted by molar-refractivity contribution is 1.28. The molecule has 1 nitrogen and oxygen atoms in total. The summed E-state index contributed by atoms with van der Waals surface area (Å²) in [6.45, 7) is 0. The summed E-state index contributed by atoms with van der Waals surface area (Å²) >= 11 is 0. The molecule has 0 bridgehead atoms. The van der Waals surface area contributed by atoms with Crippen LogP contribution in [0.1, 0.15) is 0 Å². The lowest BCUT2D eigenvalue weighted by Crippen LogP contribution is -2.10. The molecule has 0 fully saturated rings. The number of rotatable bonds is 9. The van der Waals surface area contributed by atoms with Crippen LogP contribution in [-0.2, 0) is 0 Å². The number of anilines is 3. The molecule has 0 N–H and O–H groups in total. The molecular formula is C54H39N. The van der Waals surface area contributed by atoms with E-state index in [0.717, 1.165) is 17.1 Å². The first-order chi connectivity index (χ1) is 27.3. The van der Waals surface area contributed by atoms with Crippen molar-refractivity contribution in [1.29, 1.82) is 0 Å². The van der Waals surface area contributed by atoms with Crippen molar-refractivity contribution in [2.24, 2.45) is 0 Å². The Bertz CT molecular complexity index is 2650. The first kappa shape index (κ1) is 33.6. The highest BCUT2D eigenvalue weighted by Gasteiger charge is 2.19. The standard InChI is InChI=1S/C54H39N/c1-5-17-40(18-6-1)41-29-33-46(34-30-41)55(47-35-31-45(32-36-47)50-26-14-13-25-49(50)42-19-7-2-8-20-42)48-37-38-53(54(39-48)44-23-11-4-12-24-44)52-28-16-15-27-51(52)43-21-9-3-10-22-43/h1-39H. The summed E-state index contributed by atoms with van der Waals surface area (Å²) in [7, 11) is 0. The van der Waals surface area contributed by atoms with E-state index in [0.29, 0.717) is 0 Å².